The Balaban J connectivity index is 1.92. The summed E-state index contributed by atoms with van der Waals surface area (Å²) in [6, 6.07) is 13.3. The Morgan fingerprint density at radius 1 is 1.15 bits per heavy atom. The van der Waals surface area contributed by atoms with E-state index in [1.165, 1.54) is 22.5 Å². The summed E-state index contributed by atoms with van der Waals surface area (Å²) in [7, 11) is 0. The van der Waals surface area contributed by atoms with Crippen molar-refractivity contribution in [1.82, 2.24) is 4.98 Å². The molecule has 0 fully saturated rings. The Morgan fingerprint density at radius 2 is 1.90 bits per heavy atom. The minimum absolute atomic E-state index is 0.126. The lowest BCUT2D eigenvalue weighted by molar-refractivity contribution is 0.102. The Kier molecular flexibility index (Phi) is 3.24. The van der Waals surface area contributed by atoms with Gasteiger partial charge in [-0.2, -0.15) is 0 Å². The van der Waals surface area contributed by atoms with Crippen molar-refractivity contribution < 1.29 is 4.79 Å². The summed E-state index contributed by atoms with van der Waals surface area (Å²) in [5.41, 5.74) is 3.95. The Morgan fingerprint density at radius 3 is 2.65 bits per heavy atom. The summed E-state index contributed by atoms with van der Waals surface area (Å²) in [4.78, 5) is 16.6. The van der Waals surface area contributed by atoms with Crippen molar-refractivity contribution in [1.29, 1.82) is 0 Å². The number of fused-ring (bicyclic) bond motifs is 1. The largest absolute Gasteiger partial charge is 0.298 e. The van der Waals surface area contributed by atoms with Gasteiger partial charge in [0.05, 0.1) is 10.2 Å². The molecule has 2 aromatic carbocycles. The molecule has 0 spiro atoms. The Bertz CT molecular complexity index is 778. The molecule has 3 nitrogen and oxygen atoms in total. The molecule has 0 radical (unpaired) electrons. The third-order valence-electron chi connectivity index (χ3n) is 3.08. The maximum absolute atomic E-state index is 12.1. The predicted octanol–water partition coefficient (Wildman–Crippen LogP) is 4.17. The molecule has 0 unspecified atom stereocenters. The summed E-state index contributed by atoms with van der Waals surface area (Å²) in [6.07, 6.45) is 0. The zero-order chi connectivity index (χ0) is 14.1. The van der Waals surface area contributed by atoms with Crippen LogP contribution in [0.25, 0.3) is 10.2 Å². The van der Waals surface area contributed by atoms with Crippen LogP contribution in [0.3, 0.4) is 0 Å². The molecule has 4 heteroatoms. The number of hydrogen-bond acceptors (Lipinski definition) is 3. The van der Waals surface area contributed by atoms with Gasteiger partial charge in [0.15, 0.2) is 5.13 Å². The molecule has 0 saturated carbocycles. The van der Waals surface area contributed by atoms with Crippen LogP contribution < -0.4 is 5.32 Å². The second-order valence-electron chi connectivity index (χ2n) is 4.77. The van der Waals surface area contributed by atoms with E-state index < -0.39 is 0 Å². The highest BCUT2D eigenvalue weighted by atomic mass is 32.1. The van der Waals surface area contributed by atoms with Gasteiger partial charge in [0, 0.05) is 5.56 Å². The van der Waals surface area contributed by atoms with Crippen LogP contribution in [0, 0.1) is 13.8 Å². The summed E-state index contributed by atoms with van der Waals surface area (Å²) >= 11 is 1.51. The molecule has 3 aromatic rings. The molecule has 0 aliphatic heterocycles. The number of rotatable bonds is 2. The highest BCUT2D eigenvalue weighted by Gasteiger charge is 2.10. The van der Waals surface area contributed by atoms with E-state index in [2.05, 4.69) is 23.3 Å². The van der Waals surface area contributed by atoms with Crippen LogP contribution in [0.5, 0.6) is 0 Å². The molecule has 3 rings (SSSR count). The predicted molar refractivity (Wildman–Crippen MR) is 83.5 cm³/mol. The normalized spacial score (nSPS) is 10.7. The van der Waals surface area contributed by atoms with Crippen LogP contribution in [0.2, 0.25) is 0 Å². The minimum Gasteiger partial charge on any atom is -0.298 e. The number of benzene rings is 2. The zero-order valence-electron chi connectivity index (χ0n) is 11.3. The first-order chi connectivity index (χ1) is 9.63. The van der Waals surface area contributed by atoms with Crippen molar-refractivity contribution in [3.05, 3.63) is 59.2 Å². The van der Waals surface area contributed by atoms with Crippen molar-refractivity contribution in [2.24, 2.45) is 0 Å². The van der Waals surface area contributed by atoms with Crippen molar-refractivity contribution in [3.63, 3.8) is 0 Å². The molecule has 1 aromatic heterocycles. The number of nitrogens with zero attached hydrogens (tertiary/aromatic N) is 1. The van der Waals surface area contributed by atoms with E-state index in [-0.39, 0.29) is 5.91 Å². The third kappa shape index (κ3) is 2.42. The van der Waals surface area contributed by atoms with Gasteiger partial charge in [-0.3, -0.25) is 10.1 Å². The monoisotopic (exact) mass is 282 g/mol. The molecule has 0 aliphatic carbocycles. The van der Waals surface area contributed by atoms with E-state index in [9.17, 15) is 4.79 Å². The van der Waals surface area contributed by atoms with Gasteiger partial charge in [0.2, 0.25) is 0 Å². The number of anilines is 1. The first kappa shape index (κ1) is 12.8. The van der Waals surface area contributed by atoms with Crippen molar-refractivity contribution >= 4 is 32.6 Å². The van der Waals surface area contributed by atoms with Gasteiger partial charge in [-0.05, 0) is 43.2 Å². The average Bonchev–Trinajstić information content (AvgIpc) is 2.82. The van der Waals surface area contributed by atoms with Crippen LogP contribution in [0.15, 0.2) is 42.5 Å². The number of hydrogen-bond donors (Lipinski definition) is 1. The van der Waals surface area contributed by atoms with Crippen LogP contribution in [-0.4, -0.2) is 10.9 Å². The fourth-order valence-electron chi connectivity index (χ4n) is 2.19. The molecule has 0 saturated heterocycles. The molecule has 1 N–H and O–H groups in total. The van der Waals surface area contributed by atoms with Gasteiger partial charge in [0.1, 0.15) is 0 Å². The number of aryl methyl sites for hydroxylation is 2. The van der Waals surface area contributed by atoms with E-state index in [1.54, 1.807) is 12.1 Å². The average molecular weight is 282 g/mol. The molecule has 20 heavy (non-hydrogen) atoms. The summed E-state index contributed by atoms with van der Waals surface area (Å²) in [5, 5.41) is 3.50. The third-order valence-corrected chi connectivity index (χ3v) is 4.20. The first-order valence-electron chi connectivity index (χ1n) is 6.37. The Hall–Kier alpha value is -2.20. The first-order valence-corrected chi connectivity index (χ1v) is 7.19. The second-order valence-corrected chi connectivity index (χ2v) is 5.77. The van der Waals surface area contributed by atoms with Gasteiger partial charge in [-0.15, -0.1) is 0 Å². The maximum Gasteiger partial charge on any atom is 0.257 e. The van der Waals surface area contributed by atoms with Crippen molar-refractivity contribution in [2.75, 3.05) is 5.32 Å². The van der Waals surface area contributed by atoms with E-state index in [4.69, 9.17) is 0 Å². The van der Waals surface area contributed by atoms with Gasteiger partial charge in [-0.25, -0.2) is 4.98 Å². The molecule has 0 aliphatic rings. The van der Waals surface area contributed by atoms with Gasteiger partial charge < -0.3 is 0 Å². The second kappa shape index (κ2) is 5.06. The lowest BCUT2D eigenvalue weighted by atomic mass is 10.1. The summed E-state index contributed by atoms with van der Waals surface area (Å²) in [6.45, 7) is 4.12. The van der Waals surface area contributed by atoms with Gasteiger partial charge >= 0.3 is 0 Å². The molecule has 0 bridgehead atoms. The van der Waals surface area contributed by atoms with E-state index >= 15 is 0 Å². The van der Waals surface area contributed by atoms with Gasteiger partial charge in [-0.1, -0.05) is 35.6 Å². The molecular formula is C16H14N2OS. The van der Waals surface area contributed by atoms with E-state index in [0.717, 1.165) is 10.2 Å². The van der Waals surface area contributed by atoms with Crippen LogP contribution in [0.1, 0.15) is 21.5 Å². The maximum atomic E-state index is 12.1. The van der Waals surface area contributed by atoms with Gasteiger partial charge in [0.25, 0.3) is 5.91 Å². The molecule has 0 atom stereocenters. The number of carbonyl (C=O) groups excluding carboxylic acids is 1. The standard InChI is InChI=1S/C16H14N2OS/c1-10-8-11(2)14-13(9-10)17-16(20-14)18-15(19)12-6-4-3-5-7-12/h3-9H,1-2H3,(H,17,18,19). The number of carbonyl (C=O) groups is 1. The lowest BCUT2D eigenvalue weighted by Gasteiger charge is -2.00. The lowest BCUT2D eigenvalue weighted by Crippen LogP contribution is -2.11. The highest BCUT2D eigenvalue weighted by molar-refractivity contribution is 7.22. The molecule has 100 valence electrons. The van der Waals surface area contributed by atoms with Crippen molar-refractivity contribution in [2.45, 2.75) is 13.8 Å². The van der Waals surface area contributed by atoms with Crippen molar-refractivity contribution in [3.8, 4) is 0 Å². The number of thiazole rings is 1. The van der Waals surface area contributed by atoms with E-state index in [0.29, 0.717) is 10.7 Å². The number of nitrogens with one attached hydrogen (secondary N) is 1. The highest BCUT2D eigenvalue weighted by Crippen LogP contribution is 2.29. The van der Waals surface area contributed by atoms with E-state index in [1.807, 2.05) is 31.2 Å². The Labute approximate surface area is 121 Å². The SMILES string of the molecule is Cc1cc(C)c2sc(NC(=O)c3ccccc3)nc2c1. The minimum atomic E-state index is -0.126. The molecule has 1 heterocycles. The fraction of sp³-hybridized carbons (Fsp3) is 0.125. The van der Waals surface area contributed by atoms with Crippen LogP contribution in [0.4, 0.5) is 5.13 Å². The fourth-order valence-corrected chi connectivity index (χ4v) is 3.10. The number of aromatic nitrogens is 1. The van der Waals surface area contributed by atoms with Crippen LogP contribution >= 0.6 is 11.3 Å². The number of amides is 1. The summed E-state index contributed by atoms with van der Waals surface area (Å²) in [5.74, 6) is -0.126. The zero-order valence-corrected chi connectivity index (χ0v) is 12.1. The van der Waals surface area contributed by atoms with Crippen LogP contribution in [-0.2, 0) is 0 Å². The smallest absolute Gasteiger partial charge is 0.257 e. The molecular weight excluding hydrogens is 268 g/mol. The quantitative estimate of drug-likeness (QED) is 0.766. The molecule has 1 amide bonds. The summed E-state index contributed by atoms with van der Waals surface area (Å²) < 4.78 is 1.12. The topological polar surface area (TPSA) is 42.0 Å².